The van der Waals surface area contributed by atoms with E-state index in [1.807, 2.05) is 0 Å². The maximum Gasteiger partial charge on any atom is 0.343 e. The van der Waals surface area contributed by atoms with E-state index in [0.29, 0.717) is 23.5 Å². The Morgan fingerprint density at radius 1 is 1.12 bits per heavy atom. The molecule has 1 aromatic heterocycles. The van der Waals surface area contributed by atoms with Crippen LogP contribution in [0.4, 0.5) is 5.69 Å². The Labute approximate surface area is 182 Å². The van der Waals surface area contributed by atoms with Gasteiger partial charge in [-0.15, -0.1) is 0 Å². The maximum absolute atomic E-state index is 12.4. The van der Waals surface area contributed by atoms with Crippen LogP contribution in [0.1, 0.15) is 33.2 Å². The molecule has 0 aliphatic heterocycles. The summed E-state index contributed by atoms with van der Waals surface area (Å²) in [6.07, 6.45) is 4.40. The number of carbonyl (C=O) groups excluding carboxylic acids is 2. The summed E-state index contributed by atoms with van der Waals surface area (Å²) in [4.78, 5) is 38.4. The molecule has 0 aliphatic rings. The number of ether oxygens (including phenoxy) is 2. The van der Waals surface area contributed by atoms with E-state index in [9.17, 15) is 19.7 Å². The number of non-ortho nitro benzene ring substituents is 1. The van der Waals surface area contributed by atoms with E-state index in [-0.39, 0.29) is 17.0 Å². The number of rotatable bonds is 8. The fraction of sp³-hybridized carbons (Fsp3) is 0.0909. The first-order valence-corrected chi connectivity index (χ1v) is 9.45. The molecule has 0 bridgehead atoms. The van der Waals surface area contributed by atoms with Crippen LogP contribution in [-0.2, 0) is 0 Å². The fourth-order valence-electron chi connectivity index (χ4n) is 2.56. The van der Waals surface area contributed by atoms with Crippen molar-refractivity contribution >= 4 is 23.8 Å². The Morgan fingerprint density at radius 2 is 1.91 bits per heavy atom. The summed E-state index contributed by atoms with van der Waals surface area (Å²) in [5.41, 5.74) is 3.38. The lowest BCUT2D eigenvalue weighted by Crippen LogP contribution is -2.17. The molecule has 0 spiro atoms. The average Bonchev–Trinajstić information content (AvgIpc) is 2.81. The van der Waals surface area contributed by atoms with Gasteiger partial charge in [0.2, 0.25) is 0 Å². The molecule has 0 saturated carbocycles. The molecule has 0 unspecified atom stereocenters. The number of aromatic nitrogens is 1. The number of pyridine rings is 1. The number of nitro benzene ring substituents is 1. The monoisotopic (exact) mass is 434 g/mol. The third-order valence-corrected chi connectivity index (χ3v) is 4.09. The number of hydrogen-bond donors (Lipinski definition) is 1. The van der Waals surface area contributed by atoms with E-state index >= 15 is 0 Å². The first kappa shape index (κ1) is 22.1. The van der Waals surface area contributed by atoms with Gasteiger partial charge in [0, 0.05) is 24.5 Å². The molecule has 1 heterocycles. The Kier molecular flexibility index (Phi) is 7.20. The molecule has 1 amide bonds. The molecular weight excluding hydrogens is 416 g/mol. The first-order chi connectivity index (χ1) is 15.5. The quantitative estimate of drug-likeness (QED) is 0.189. The molecule has 10 nitrogen and oxygen atoms in total. The van der Waals surface area contributed by atoms with Crippen molar-refractivity contribution in [2.75, 3.05) is 6.61 Å². The molecular formula is C22H18N4O6. The summed E-state index contributed by atoms with van der Waals surface area (Å²) in [6.45, 7) is 2.09. The molecule has 32 heavy (non-hydrogen) atoms. The zero-order valence-corrected chi connectivity index (χ0v) is 16.9. The van der Waals surface area contributed by atoms with Crippen LogP contribution in [0, 0.1) is 10.1 Å². The van der Waals surface area contributed by atoms with Crippen LogP contribution >= 0.6 is 0 Å². The topological polar surface area (TPSA) is 133 Å². The predicted octanol–water partition coefficient (Wildman–Crippen LogP) is 3.37. The highest BCUT2D eigenvalue weighted by molar-refractivity contribution is 5.94. The van der Waals surface area contributed by atoms with E-state index in [0.717, 1.165) is 0 Å². The number of nitrogens with one attached hydrogen (secondary N) is 1. The van der Waals surface area contributed by atoms with Gasteiger partial charge in [-0.2, -0.15) is 5.10 Å². The Bertz CT molecular complexity index is 1150. The Morgan fingerprint density at radius 3 is 2.56 bits per heavy atom. The number of benzene rings is 2. The largest absolute Gasteiger partial charge is 0.490 e. The number of carbonyl (C=O) groups is 2. The van der Waals surface area contributed by atoms with Gasteiger partial charge in [0.1, 0.15) is 0 Å². The van der Waals surface area contributed by atoms with Crippen molar-refractivity contribution in [2.45, 2.75) is 6.92 Å². The van der Waals surface area contributed by atoms with Crippen LogP contribution in [0.15, 0.2) is 72.1 Å². The highest BCUT2D eigenvalue weighted by Crippen LogP contribution is 2.29. The summed E-state index contributed by atoms with van der Waals surface area (Å²) >= 11 is 0. The fourth-order valence-corrected chi connectivity index (χ4v) is 2.56. The molecule has 0 radical (unpaired) electrons. The van der Waals surface area contributed by atoms with Crippen LogP contribution in [0.3, 0.4) is 0 Å². The van der Waals surface area contributed by atoms with Gasteiger partial charge < -0.3 is 9.47 Å². The lowest BCUT2D eigenvalue weighted by molar-refractivity contribution is -0.384. The predicted molar refractivity (Wildman–Crippen MR) is 115 cm³/mol. The minimum absolute atomic E-state index is 0.129. The van der Waals surface area contributed by atoms with E-state index in [1.54, 1.807) is 37.4 Å². The van der Waals surface area contributed by atoms with Crippen LogP contribution in [-0.4, -0.2) is 34.6 Å². The molecule has 3 rings (SSSR count). The second kappa shape index (κ2) is 10.4. The van der Waals surface area contributed by atoms with E-state index in [4.69, 9.17) is 9.47 Å². The molecule has 0 aliphatic carbocycles. The number of nitro groups is 1. The second-order valence-electron chi connectivity index (χ2n) is 6.27. The number of hydrazone groups is 1. The summed E-state index contributed by atoms with van der Waals surface area (Å²) in [5.74, 6) is -0.629. The van der Waals surface area contributed by atoms with Crippen molar-refractivity contribution in [3.05, 3.63) is 93.8 Å². The standard InChI is InChI=1S/C22H18N4O6/c1-2-31-20-12-15(13-24-25-21(27)17-4-3-11-23-14-17)5-10-19(20)32-22(28)16-6-8-18(9-7-16)26(29)30/h3-14H,2H2,1H3,(H,25,27)/b24-13+. The summed E-state index contributed by atoms with van der Waals surface area (Å²) < 4.78 is 10.9. The van der Waals surface area contributed by atoms with Crippen LogP contribution in [0.25, 0.3) is 0 Å². The Hall–Kier alpha value is -4.60. The van der Waals surface area contributed by atoms with Crippen LogP contribution < -0.4 is 14.9 Å². The zero-order chi connectivity index (χ0) is 22.9. The lowest BCUT2D eigenvalue weighted by Gasteiger charge is -2.11. The third-order valence-electron chi connectivity index (χ3n) is 4.09. The van der Waals surface area contributed by atoms with E-state index in [2.05, 4.69) is 15.5 Å². The minimum Gasteiger partial charge on any atom is -0.490 e. The number of amides is 1. The van der Waals surface area contributed by atoms with Crippen molar-refractivity contribution in [3.63, 3.8) is 0 Å². The van der Waals surface area contributed by atoms with Crippen molar-refractivity contribution in [1.29, 1.82) is 0 Å². The maximum atomic E-state index is 12.4. The summed E-state index contributed by atoms with van der Waals surface area (Å²) in [7, 11) is 0. The molecule has 0 atom stereocenters. The third kappa shape index (κ3) is 5.72. The molecule has 10 heteroatoms. The van der Waals surface area contributed by atoms with Crippen molar-refractivity contribution in [3.8, 4) is 11.5 Å². The SMILES string of the molecule is CCOc1cc(/C=N/NC(=O)c2cccnc2)ccc1OC(=O)c1ccc([N+](=O)[O-])cc1. The number of esters is 1. The smallest absolute Gasteiger partial charge is 0.343 e. The molecule has 3 aromatic rings. The van der Waals surface area contributed by atoms with Crippen molar-refractivity contribution in [1.82, 2.24) is 10.4 Å². The van der Waals surface area contributed by atoms with E-state index < -0.39 is 16.8 Å². The first-order valence-electron chi connectivity index (χ1n) is 9.45. The zero-order valence-electron chi connectivity index (χ0n) is 16.9. The number of hydrogen-bond acceptors (Lipinski definition) is 8. The van der Waals surface area contributed by atoms with Gasteiger partial charge in [-0.1, -0.05) is 0 Å². The summed E-state index contributed by atoms with van der Waals surface area (Å²) in [6, 6.07) is 13.1. The van der Waals surface area contributed by atoms with Crippen molar-refractivity contribution in [2.24, 2.45) is 5.10 Å². The van der Waals surface area contributed by atoms with Gasteiger partial charge in [-0.25, -0.2) is 10.2 Å². The molecule has 0 saturated heterocycles. The number of nitrogens with zero attached hydrogens (tertiary/aromatic N) is 3. The average molecular weight is 434 g/mol. The highest BCUT2D eigenvalue weighted by Gasteiger charge is 2.15. The van der Waals surface area contributed by atoms with Gasteiger partial charge in [-0.3, -0.25) is 19.9 Å². The molecule has 1 N–H and O–H groups in total. The van der Waals surface area contributed by atoms with Gasteiger partial charge in [0.15, 0.2) is 11.5 Å². The lowest BCUT2D eigenvalue weighted by atomic mass is 10.2. The summed E-state index contributed by atoms with van der Waals surface area (Å²) in [5, 5.41) is 14.7. The molecule has 0 fully saturated rings. The molecule has 162 valence electrons. The normalized spacial score (nSPS) is 10.5. The van der Waals surface area contributed by atoms with E-state index in [1.165, 1.54) is 42.7 Å². The van der Waals surface area contributed by atoms with Gasteiger partial charge in [-0.05, 0) is 55.0 Å². The van der Waals surface area contributed by atoms with Gasteiger partial charge in [0.25, 0.3) is 11.6 Å². The van der Waals surface area contributed by atoms with Gasteiger partial charge in [0.05, 0.1) is 28.9 Å². The van der Waals surface area contributed by atoms with Crippen LogP contribution in [0.2, 0.25) is 0 Å². The van der Waals surface area contributed by atoms with Gasteiger partial charge >= 0.3 is 5.97 Å². The second-order valence-corrected chi connectivity index (χ2v) is 6.27. The van der Waals surface area contributed by atoms with Crippen LogP contribution in [0.5, 0.6) is 11.5 Å². The van der Waals surface area contributed by atoms with Crippen molar-refractivity contribution < 1.29 is 24.0 Å². The highest BCUT2D eigenvalue weighted by atomic mass is 16.6. The molecule has 2 aromatic carbocycles. The minimum atomic E-state index is -0.689. The Balaban J connectivity index is 1.70.